The Hall–Kier alpha value is -2.82. The number of fused-ring (bicyclic) bond motifs is 3. The first-order chi connectivity index (χ1) is 15.0. The molecule has 2 aromatic carbocycles. The molecule has 1 unspecified atom stereocenters. The van der Waals surface area contributed by atoms with Crippen LogP contribution in [0.25, 0.3) is 11.1 Å². The van der Waals surface area contributed by atoms with Gasteiger partial charge < -0.3 is 15.2 Å². The monoisotopic (exact) mass is 417 g/mol. The third-order valence-electron chi connectivity index (χ3n) is 8.55. The Kier molecular flexibility index (Phi) is 4.02. The van der Waals surface area contributed by atoms with Gasteiger partial charge in [-0.05, 0) is 65.7 Å². The quantitative estimate of drug-likeness (QED) is 0.697. The van der Waals surface area contributed by atoms with E-state index < -0.39 is 18.1 Å². The molecule has 1 amide bonds. The lowest BCUT2D eigenvalue weighted by atomic mass is 9.28. The number of benzene rings is 2. The van der Waals surface area contributed by atoms with Crippen LogP contribution >= 0.6 is 0 Å². The molecule has 0 aliphatic heterocycles. The van der Waals surface area contributed by atoms with Crippen molar-refractivity contribution in [1.29, 1.82) is 0 Å². The van der Waals surface area contributed by atoms with Crippen molar-refractivity contribution in [3.63, 3.8) is 0 Å². The van der Waals surface area contributed by atoms with Gasteiger partial charge in [0, 0.05) is 11.3 Å². The summed E-state index contributed by atoms with van der Waals surface area (Å²) in [5.74, 6) is -0.202. The number of carboxylic acids is 1. The van der Waals surface area contributed by atoms with Gasteiger partial charge in [0.25, 0.3) is 0 Å². The van der Waals surface area contributed by atoms with E-state index in [0.717, 1.165) is 36.3 Å². The largest absolute Gasteiger partial charge is 0.480 e. The Morgan fingerprint density at radius 3 is 2.10 bits per heavy atom. The molecule has 31 heavy (non-hydrogen) atoms. The molecule has 0 heterocycles. The van der Waals surface area contributed by atoms with E-state index >= 15 is 0 Å². The van der Waals surface area contributed by atoms with Crippen LogP contribution in [0.3, 0.4) is 0 Å². The van der Waals surface area contributed by atoms with E-state index in [2.05, 4.69) is 29.6 Å². The smallest absolute Gasteiger partial charge is 0.407 e. The van der Waals surface area contributed by atoms with Crippen LogP contribution in [0.2, 0.25) is 0 Å². The minimum absolute atomic E-state index is 0.0294. The van der Waals surface area contributed by atoms with Crippen LogP contribution in [-0.2, 0) is 9.53 Å². The van der Waals surface area contributed by atoms with Crippen molar-refractivity contribution in [2.75, 3.05) is 6.61 Å². The molecule has 1 atom stereocenters. The van der Waals surface area contributed by atoms with Crippen LogP contribution in [0.4, 0.5) is 4.79 Å². The first-order valence-electron chi connectivity index (χ1n) is 11.4. The van der Waals surface area contributed by atoms with E-state index in [1.807, 2.05) is 24.3 Å². The second-order valence-electron chi connectivity index (χ2n) is 10.1. The van der Waals surface area contributed by atoms with Crippen molar-refractivity contribution < 1.29 is 19.4 Å². The van der Waals surface area contributed by atoms with Gasteiger partial charge in [-0.15, -0.1) is 0 Å². The summed E-state index contributed by atoms with van der Waals surface area (Å²) in [6.45, 7) is 0.200. The summed E-state index contributed by atoms with van der Waals surface area (Å²) < 4.78 is 5.59. The molecule has 7 rings (SSSR count). The third kappa shape index (κ3) is 2.68. The maximum Gasteiger partial charge on any atom is 0.407 e. The number of amides is 1. The van der Waals surface area contributed by atoms with Crippen molar-refractivity contribution in [2.45, 2.75) is 50.5 Å². The van der Waals surface area contributed by atoms with Gasteiger partial charge in [-0.3, -0.25) is 0 Å². The summed E-state index contributed by atoms with van der Waals surface area (Å²) in [4.78, 5) is 24.6. The highest BCUT2D eigenvalue weighted by molar-refractivity contribution is 5.82. The van der Waals surface area contributed by atoms with Gasteiger partial charge in [-0.2, -0.15) is 0 Å². The van der Waals surface area contributed by atoms with Crippen LogP contribution in [-0.4, -0.2) is 29.8 Å². The number of hydrogen-bond donors (Lipinski definition) is 2. The van der Waals surface area contributed by atoms with Crippen LogP contribution in [0.5, 0.6) is 0 Å². The molecule has 4 fully saturated rings. The molecule has 160 valence electrons. The van der Waals surface area contributed by atoms with E-state index in [1.54, 1.807) is 0 Å². The summed E-state index contributed by atoms with van der Waals surface area (Å²) in [6.07, 6.45) is 6.06. The number of hydrogen-bond acceptors (Lipinski definition) is 3. The molecule has 2 aromatic rings. The Morgan fingerprint density at radius 2 is 1.58 bits per heavy atom. The van der Waals surface area contributed by atoms with Crippen molar-refractivity contribution in [3.8, 4) is 11.1 Å². The van der Waals surface area contributed by atoms with E-state index in [0.29, 0.717) is 5.41 Å². The van der Waals surface area contributed by atoms with Gasteiger partial charge in [0.1, 0.15) is 12.6 Å². The van der Waals surface area contributed by atoms with Gasteiger partial charge in [0.2, 0.25) is 0 Å². The topological polar surface area (TPSA) is 75.6 Å². The second-order valence-corrected chi connectivity index (χ2v) is 10.1. The molecule has 5 heteroatoms. The SMILES string of the molecule is O=C(NC(C(=O)O)C12CC(C3CCC3)(C1)C2)OCC1c2ccccc2-c2ccccc21. The molecular weight excluding hydrogens is 390 g/mol. The fraction of sp³-hybridized carbons (Fsp3) is 0.462. The fourth-order valence-corrected chi connectivity index (χ4v) is 6.94. The Bertz CT molecular complexity index is 1010. The van der Waals surface area contributed by atoms with Crippen LogP contribution in [0.1, 0.15) is 55.6 Å². The zero-order valence-electron chi connectivity index (χ0n) is 17.5. The Balaban J connectivity index is 1.12. The molecule has 4 saturated carbocycles. The highest BCUT2D eigenvalue weighted by Gasteiger charge is 2.74. The molecule has 2 bridgehead atoms. The minimum atomic E-state index is -0.949. The zero-order chi connectivity index (χ0) is 21.2. The summed E-state index contributed by atoms with van der Waals surface area (Å²) in [6, 6.07) is 15.5. The molecule has 0 saturated heterocycles. The predicted octanol–water partition coefficient (Wildman–Crippen LogP) is 4.95. The lowest BCUT2D eigenvalue weighted by Gasteiger charge is -2.76. The molecule has 2 N–H and O–H groups in total. The number of carbonyl (C=O) groups is 2. The van der Waals surface area contributed by atoms with Gasteiger partial charge in [0.05, 0.1) is 0 Å². The summed E-state index contributed by atoms with van der Waals surface area (Å²) in [7, 11) is 0. The molecule has 0 spiro atoms. The first-order valence-corrected chi connectivity index (χ1v) is 11.4. The van der Waals surface area contributed by atoms with Gasteiger partial charge in [-0.1, -0.05) is 55.0 Å². The maximum absolute atomic E-state index is 12.6. The van der Waals surface area contributed by atoms with E-state index in [-0.39, 0.29) is 17.9 Å². The number of nitrogens with one attached hydrogen (secondary N) is 1. The average molecular weight is 418 g/mol. The van der Waals surface area contributed by atoms with Crippen LogP contribution < -0.4 is 5.32 Å². The average Bonchev–Trinajstić information content (AvgIpc) is 2.99. The molecule has 0 aromatic heterocycles. The highest BCUT2D eigenvalue weighted by atomic mass is 16.5. The highest BCUT2D eigenvalue weighted by Crippen LogP contribution is 2.79. The standard InChI is InChI=1S/C26H27NO4/c28-23(29)22(26-13-25(14-26,15-26)16-6-5-7-16)27-24(30)31-12-21-19-10-3-1-8-17(19)18-9-2-4-11-20(18)21/h1-4,8-11,16,21-22H,5-7,12-15H2,(H,27,30)(H,28,29). The van der Waals surface area contributed by atoms with Crippen LogP contribution in [0.15, 0.2) is 48.5 Å². The van der Waals surface area contributed by atoms with E-state index in [4.69, 9.17) is 4.74 Å². The summed E-state index contributed by atoms with van der Waals surface area (Å²) in [5.41, 5.74) is 4.74. The van der Waals surface area contributed by atoms with Crippen molar-refractivity contribution in [1.82, 2.24) is 5.32 Å². The summed E-state index contributed by atoms with van der Waals surface area (Å²) >= 11 is 0. The first kappa shape index (κ1) is 18.9. The van der Waals surface area contributed by atoms with Crippen LogP contribution in [0, 0.1) is 16.7 Å². The maximum atomic E-state index is 12.6. The lowest BCUT2D eigenvalue weighted by Crippen LogP contribution is -2.74. The fourth-order valence-electron chi connectivity index (χ4n) is 6.94. The predicted molar refractivity (Wildman–Crippen MR) is 116 cm³/mol. The second kappa shape index (κ2) is 6.59. The Labute approximate surface area is 181 Å². The van der Waals surface area contributed by atoms with E-state index in [9.17, 15) is 14.7 Å². The third-order valence-corrected chi connectivity index (χ3v) is 8.55. The number of ether oxygens (including phenoxy) is 1. The molecular formula is C26H27NO4. The van der Waals surface area contributed by atoms with E-state index in [1.165, 1.54) is 30.4 Å². The summed E-state index contributed by atoms with van der Waals surface area (Å²) in [5, 5.41) is 12.5. The van der Waals surface area contributed by atoms with Crippen molar-refractivity contribution in [3.05, 3.63) is 59.7 Å². The normalized spacial score (nSPS) is 28.9. The minimum Gasteiger partial charge on any atom is -0.480 e. The van der Waals surface area contributed by atoms with Gasteiger partial charge >= 0.3 is 12.1 Å². The number of aliphatic carboxylic acids is 1. The van der Waals surface area contributed by atoms with Gasteiger partial charge in [-0.25, -0.2) is 9.59 Å². The number of carboxylic acid groups (broad SMARTS) is 1. The van der Waals surface area contributed by atoms with Crippen molar-refractivity contribution in [2.24, 2.45) is 16.7 Å². The zero-order valence-corrected chi connectivity index (χ0v) is 17.5. The number of rotatable bonds is 6. The number of carbonyl (C=O) groups excluding carboxylic acids is 1. The molecule has 0 radical (unpaired) electrons. The lowest BCUT2D eigenvalue weighted by molar-refractivity contribution is -0.262. The molecule has 5 nitrogen and oxygen atoms in total. The molecule has 5 aliphatic rings. The van der Waals surface area contributed by atoms with Crippen molar-refractivity contribution >= 4 is 12.1 Å². The molecule has 5 aliphatic carbocycles. The Morgan fingerprint density at radius 1 is 1.00 bits per heavy atom. The number of alkyl carbamates (subject to hydrolysis) is 1. The van der Waals surface area contributed by atoms with Gasteiger partial charge in [0.15, 0.2) is 0 Å².